The van der Waals surface area contributed by atoms with Crippen LogP contribution in [0.5, 0.6) is 0 Å². The summed E-state index contributed by atoms with van der Waals surface area (Å²) >= 11 is 1.56. The molecule has 6 heteroatoms. The Morgan fingerprint density at radius 2 is 2.00 bits per heavy atom. The highest BCUT2D eigenvalue weighted by Crippen LogP contribution is 2.24. The van der Waals surface area contributed by atoms with E-state index in [1.807, 2.05) is 19.2 Å². The first kappa shape index (κ1) is 16.4. The summed E-state index contributed by atoms with van der Waals surface area (Å²) in [6.07, 6.45) is 1.28. The Morgan fingerprint density at radius 1 is 1.25 bits per heavy atom. The molecule has 1 aromatic carbocycles. The second-order valence-corrected chi connectivity index (χ2v) is 6.59. The highest BCUT2D eigenvalue weighted by molar-refractivity contribution is 7.13. The zero-order valence-corrected chi connectivity index (χ0v) is 14.8. The van der Waals surface area contributed by atoms with Gasteiger partial charge in [0.15, 0.2) is 0 Å². The highest BCUT2D eigenvalue weighted by Gasteiger charge is 2.13. The van der Waals surface area contributed by atoms with Crippen molar-refractivity contribution in [3.05, 3.63) is 52.3 Å². The maximum absolute atomic E-state index is 12.2. The number of nitrogens with one attached hydrogen (secondary N) is 2. The molecule has 2 heterocycles. The Labute approximate surface area is 145 Å². The fraction of sp³-hybridized carbons (Fsp3) is 0.278. The molecule has 0 aliphatic carbocycles. The van der Waals surface area contributed by atoms with Crippen molar-refractivity contribution in [1.29, 1.82) is 0 Å². The van der Waals surface area contributed by atoms with E-state index in [1.54, 1.807) is 11.3 Å². The number of anilines is 1. The summed E-state index contributed by atoms with van der Waals surface area (Å²) in [6, 6.07) is 8.40. The summed E-state index contributed by atoms with van der Waals surface area (Å²) in [5.74, 6) is -0.0826. The topological polar surface area (TPSA) is 70.7 Å². The molecule has 0 atom stereocenters. The maximum atomic E-state index is 12.2. The van der Waals surface area contributed by atoms with Gasteiger partial charge in [-0.2, -0.15) is 5.10 Å². The maximum Gasteiger partial charge on any atom is 0.230 e. The summed E-state index contributed by atoms with van der Waals surface area (Å²) in [5, 5.41) is 12.7. The highest BCUT2D eigenvalue weighted by atomic mass is 32.1. The number of carbonyl (C=O) groups excluding carboxylic acids is 1. The van der Waals surface area contributed by atoms with Crippen LogP contribution in [0.15, 0.2) is 29.6 Å². The van der Waals surface area contributed by atoms with Gasteiger partial charge in [0, 0.05) is 10.9 Å². The summed E-state index contributed by atoms with van der Waals surface area (Å²) in [4.78, 5) is 16.8. The number of hydrogen-bond acceptors (Lipinski definition) is 4. The molecule has 0 saturated heterocycles. The van der Waals surface area contributed by atoms with E-state index >= 15 is 0 Å². The van der Waals surface area contributed by atoms with Crippen molar-refractivity contribution in [2.45, 2.75) is 33.6 Å². The summed E-state index contributed by atoms with van der Waals surface area (Å²) in [7, 11) is 0. The predicted molar refractivity (Wildman–Crippen MR) is 97.3 cm³/mol. The smallest absolute Gasteiger partial charge is 0.230 e. The molecule has 3 rings (SSSR count). The van der Waals surface area contributed by atoms with Crippen LogP contribution in [0.3, 0.4) is 0 Å². The van der Waals surface area contributed by atoms with Gasteiger partial charge >= 0.3 is 0 Å². The van der Waals surface area contributed by atoms with Gasteiger partial charge in [0.1, 0.15) is 5.01 Å². The minimum atomic E-state index is -0.0826. The molecule has 0 aliphatic heterocycles. The van der Waals surface area contributed by atoms with Crippen LogP contribution < -0.4 is 5.32 Å². The van der Waals surface area contributed by atoms with Crippen molar-refractivity contribution in [3.63, 3.8) is 0 Å². The van der Waals surface area contributed by atoms with Crippen LogP contribution in [0.4, 0.5) is 5.69 Å². The molecule has 0 spiro atoms. The van der Waals surface area contributed by atoms with E-state index in [-0.39, 0.29) is 12.3 Å². The monoisotopic (exact) mass is 340 g/mol. The number of aromatic nitrogens is 3. The van der Waals surface area contributed by atoms with Gasteiger partial charge in [0.05, 0.1) is 29.2 Å². The van der Waals surface area contributed by atoms with Gasteiger partial charge in [-0.25, -0.2) is 4.98 Å². The third-order valence-electron chi connectivity index (χ3n) is 3.90. The lowest BCUT2D eigenvalue weighted by atomic mass is 10.1. The van der Waals surface area contributed by atoms with Gasteiger partial charge < -0.3 is 5.32 Å². The fourth-order valence-electron chi connectivity index (χ4n) is 2.49. The lowest BCUT2D eigenvalue weighted by Crippen LogP contribution is -2.15. The van der Waals surface area contributed by atoms with E-state index in [1.165, 1.54) is 5.56 Å². The van der Waals surface area contributed by atoms with Crippen molar-refractivity contribution in [3.8, 4) is 10.6 Å². The predicted octanol–water partition coefficient (Wildman–Crippen LogP) is 3.89. The van der Waals surface area contributed by atoms with E-state index in [0.29, 0.717) is 0 Å². The molecule has 0 aliphatic rings. The Balaban J connectivity index is 1.68. The molecule has 1 amide bonds. The third-order valence-corrected chi connectivity index (χ3v) is 4.84. The molecule has 0 radical (unpaired) electrons. The van der Waals surface area contributed by atoms with Crippen LogP contribution in [-0.4, -0.2) is 21.1 Å². The van der Waals surface area contributed by atoms with Crippen LogP contribution in [0, 0.1) is 13.8 Å². The number of aryl methyl sites for hydroxylation is 3. The number of amides is 1. The Hall–Kier alpha value is -2.47. The number of benzene rings is 1. The molecular formula is C18H20N4OS. The van der Waals surface area contributed by atoms with Crippen LogP contribution in [0.1, 0.15) is 29.6 Å². The van der Waals surface area contributed by atoms with Crippen LogP contribution in [0.25, 0.3) is 10.6 Å². The van der Waals surface area contributed by atoms with E-state index in [9.17, 15) is 4.79 Å². The molecule has 0 fully saturated rings. The van der Waals surface area contributed by atoms with Crippen molar-refractivity contribution in [1.82, 2.24) is 15.2 Å². The standard InChI is InChI=1S/C18H20N4OS/c1-4-13-5-7-14(8-6-13)18-19-15(10-24-18)9-16(23)20-17-11(2)21-22-12(17)3/h5-8,10H,4,9H2,1-3H3,(H,20,23)(H,21,22). The molecule has 24 heavy (non-hydrogen) atoms. The summed E-state index contributed by atoms with van der Waals surface area (Å²) < 4.78 is 0. The Kier molecular flexibility index (Phi) is 4.76. The number of H-pyrrole nitrogens is 1. The molecule has 0 saturated carbocycles. The average molecular weight is 340 g/mol. The second-order valence-electron chi connectivity index (χ2n) is 5.73. The number of hydrogen-bond donors (Lipinski definition) is 2. The van der Waals surface area contributed by atoms with E-state index < -0.39 is 0 Å². The van der Waals surface area contributed by atoms with Gasteiger partial charge in [-0.1, -0.05) is 31.2 Å². The lowest BCUT2D eigenvalue weighted by molar-refractivity contribution is -0.115. The minimum Gasteiger partial charge on any atom is -0.323 e. The van der Waals surface area contributed by atoms with Crippen LogP contribution in [0.2, 0.25) is 0 Å². The summed E-state index contributed by atoms with van der Waals surface area (Å²) in [6.45, 7) is 5.88. The molecule has 0 bridgehead atoms. The normalized spacial score (nSPS) is 10.8. The van der Waals surface area contributed by atoms with Crippen LogP contribution >= 0.6 is 11.3 Å². The minimum absolute atomic E-state index is 0.0826. The first-order valence-corrected chi connectivity index (χ1v) is 8.80. The molecule has 3 aromatic rings. The van der Waals surface area contributed by atoms with E-state index in [2.05, 4.69) is 51.7 Å². The molecule has 2 aromatic heterocycles. The molecule has 124 valence electrons. The summed E-state index contributed by atoms with van der Waals surface area (Å²) in [5.41, 5.74) is 5.58. The van der Waals surface area contributed by atoms with Gasteiger partial charge in [0.25, 0.3) is 0 Å². The van der Waals surface area contributed by atoms with Gasteiger partial charge in [0.2, 0.25) is 5.91 Å². The molecular weight excluding hydrogens is 320 g/mol. The Bertz CT molecular complexity index is 829. The molecule has 0 unspecified atom stereocenters. The van der Waals surface area contributed by atoms with Crippen molar-refractivity contribution in [2.75, 3.05) is 5.32 Å². The van der Waals surface area contributed by atoms with E-state index in [4.69, 9.17) is 0 Å². The Morgan fingerprint density at radius 3 is 2.62 bits per heavy atom. The number of thiazole rings is 1. The number of nitrogens with zero attached hydrogens (tertiary/aromatic N) is 2. The zero-order valence-electron chi connectivity index (χ0n) is 14.0. The van der Waals surface area contributed by atoms with E-state index in [0.717, 1.165) is 39.8 Å². The molecule has 5 nitrogen and oxygen atoms in total. The third kappa shape index (κ3) is 3.54. The number of aromatic amines is 1. The van der Waals surface area contributed by atoms with Crippen molar-refractivity contribution < 1.29 is 4.79 Å². The van der Waals surface area contributed by atoms with Gasteiger partial charge in [-0.05, 0) is 25.8 Å². The fourth-order valence-corrected chi connectivity index (χ4v) is 3.31. The van der Waals surface area contributed by atoms with Crippen molar-refractivity contribution in [2.24, 2.45) is 0 Å². The van der Waals surface area contributed by atoms with Gasteiger partial charge in [-0.15, -0.1) is 11.3 Å². The SMILES string of the molecule is CCc1ccc(-c2nc(CC(=O)Nc3c(C)n[nH]c3C)cs2)cc1. The quantitative estimate of drug-likeness (QED) is 0.740. The first-order chi connectivity index (χ1) is 11.6. The molecule has 2 N–H and O–H groups in total. The number of carbonyl (C=O) groups is 1. The van der Waals surface area contributed by atoms with Gasteiger partial charge in [-0.3, -0.25) is 9.89 Å². The van der Waals surface area contributed by atoms with Crippen LogP contribution in [-0.2, 0) is 17.6 Å². The zero-order chi connectivity index (χ0) is 17.1. The average Bonchev–Trinajstić information content (AvgIpc) is 3.17. The number of rotatable bonds is 5. The first-order valence-electron chi connectivity index (χ1n) is 7.92. The second kappa shape index (κ2) is 6.97. The lowest BCUT2D eigenvalue weighted by Gasteiger charge is -2.03. The van der Waals surface area contributed by atoms with Crippen molar-refractivity contribution >= 4 is 22.9 Å². The largest absolute Gasteiger partial charge is 0.323 e.